The number of alkyl halides is 3. The Balaban J connectivity index is 2.40. The van der Waals surface area contributed by atoms with Crippen molar-refractivity contribution < 1.29 is 13.2 Å². The minimum absolute atomic E-state index is 0.0673. The molecule has 1 aromatic heterocycles. The maximum Gasteiger partial charge on any atom is 0.416 e. The van der Waals surface area contributed by atoms with E-state index in [0.29, 0.717) is 5.56 Å². The van der Waals surface area contributed by atoms with Gasteiger partial charge in [-0.3, -0.25) is 0 Å². The Labute approximate surface area is 114 Å². The van der Waals surface area contributed by atoms with Gasteiger partial charge in [-0.2, -0.15) is 13.2 Å². The lowest BCUT2D eigenvalue weighted by molar-refractivity contribution is -0.137. The molecule has 1 heterocycles. The van der Waals surface area contributed by atoms with E-state index in [1.165, 1.54) is 6.07 Å². The van der Waals surface area contributed by atoms with Gasteiger partial charge >= 0.3 is 6.18 Å². The maximum absolute atomic E-state index is 12.6. The molecular formula is C14H14F3NS. The Kier molecular flexibility index (Phi) is 3.96. The second-order valence-corrected chi connectivity index (χ2v) is 5.29. The fourth-order valence-corrected chi connectivity index (χ4v) is 2.93. The van der Waals surface area contributed by atoms with Crippen molar-refractivity contribution >= 4 is 11.3 Å². The number of benzene rings is 1. The summed E-state index contributed by atoms with van der Waals surface area (Å²) in [6.07, 6.45) is -4.29. The lowest BCUT2D eigenvalue weighted by atomic mass is 9.97. The van der Waals surface area contributed by atoms with E-state index in [0.717, 1.165) is 16.5 Å². The first-order chi connectivity index (χ1) is 8.93. The lowest BCUT2D eigenvalue weighted by Crippen LogP contribution is -2.18. The summed E-state index contributed by atoms with van der Waals surface area (Å²) < 4.78 is 37.9. The van der Waals surface area contributed by atoms with Crippen LogP contribution >= 0.6 is 11.3 Å². The monoisotopic (exact) mass is 285 g/mol. The summed E-state index contributed by atoms with van der Waals surface area (Å²) in [4.78, 5) is 1.09. The second kappa shape index (κ2) is 5.35. The lowest BCUT2D eigenvalue weighted by Gasteiger charge is -2.19. The van der Waals surface area contributed by atoms with Gasteiger partial charge in [-0.1, -0.05) is 12.1 Å². The molecule has 0 aliphatic heterocycles. The van der Waals surface area contributed by atoms with Gasteiger partial charge in [0, 0.05) is 4.88 Å². The molecule has 0 fully saturated rings. The first-order valence-electron chi connectivity index (χ1n) is 5.82. The van der Waals surface area contributed by atoms with Crippen LogP contribution < -0.4 is 5.32 Å². The summed E-state index contributed by atoms with van der Waals surface area (Å²) in [6.45, 7) is 1.71. The number of aryl methyl sites for hydroxylation is 1. The molecule has 1 N–H and O–H groups in total. The SMILES string of the molecule is CNC(c1cccs1)c1ccc(C(F)(F)F)cc1C. The largest absolute Gasteiger partial charge is 0.416 e. The third kappa shape index (κ3) is 2.98. The third-order valence-electron chi connectivity index (χ3n) is 3.02. The highest BCUT2D eigenvalue weighted by Gasteiger charge is 2.31. The Morgan fingerprint density at radius 2 is 1.95 bits per heavy atom. The first-order valence-corrected chi connectivity index (χ1v) is 6.70. The summed E-state index contributed by atoms with van der Waals surface area (Å²) in [5.41, 5.74) is 0.912. The molecular weight excluding hydrogens is 271 g/mol. The van der Waals surface area contributed by atoms with Gasteiger partial charge in [0.25, 0.3) is 0 Å². The molecule has 1 atom stereocenters. The van der Waals surface area contributed by atoms with Gasteiger partial charge < -0.3 is 5.32 Å². The van der Waals surface area contributed by atoms with E-state index >= 15 is 0 Å². The van der Waals surface area contributed by atoms with Crippen molar-refractivity contribution in [1.29, 1.82) is 0 Å². The molecule has 1 unspecified atom stereocenters. The molecule has 0 saturated carbocycles. The summed E-state index contributed by atoms with van der Waals surface area (Å²) in [5, 5.41) is 5.11. The number of hydrogen-bond donors (Lipinski definition) is 1. The molecule has 0 radical (unpaired) electrons. The maximum atomic E-state index is 12.6. The predicted molar refractivity (Wildman–Crippen MR) is 71.4 cm³/mol. The van der Waals surface area contributed by atoms with Crippen LogP contribution in [-0.2, 0) is 6.18 Å². The molecule has 19 heavy (non-hydrogen) atoms. The second-order valence-electron chi connectivity index (χ2n) is 4.31. The molecule has 0 aliphatic carbocycles. The Morgan fingerprint density at radius 3 is 2.42 bits per heavy atom. The molecule has 0 bridgehead atoms. The van der Waals surface area contributed by atoms with E-state index in [4.69, 9.17) is 0 Å². The van der Waals surface area contributed by atoms with Gasteiger partial charge in [-0.05, 0) is 48.7 Å². The van der Waals surface area contributed by atoms with Crippen molar-refractivity contribution in [2.24, 2.45) is 0 Å². The molecule has 5 heteroatoms. The fraction of sp³-hybridized carbons (Fsp3) is 0.286. The molecule has 0 spiro atoms. The highest BCUT2D eigenvalue weighted by Crippen LogP contribution is 2.33. The van der Waals surface area contributed by atoms with Crippen LogP contribution in [0.5, 0.6) is 0 Å². The standard InChI is InChI=1S/C14H14F3NS/c1-9-8-10(14(15,16)17)5-6-11(9)13(18-2)12-4-3-7-19-12/h3-8,13,18H,1-2H3. The third-order valence-corrected chi connectivity index (χ3v) is 3.96. The van der Waals surface area contributed by atoms with Gasteiger partial charge in [0.1, 0.15) is 0 Å². The van der Waals surface area contributed by atoms with Crippen molar-refractivity contribution in [1.82, 2.24) is 5.32 Å². The van der Waals surface area contributed by atoms with Gasteiger partial charge in [0.2, 0.25) is 0 Å². The molecule has 102 valence electrons. The number of thiophene rings is 1. The highest BCUT2D eigenvalue weighted by atomic mass is 32.1. The summed E-state index contributed by atoms with van der Waals surface area (Å²) >= 11 is 1.58. The van der Waals surface area contributed by atoms with E-state index in [9.17, 15) is 13.2 Å². The van der Waals surface area contributed by atoms with Crippen molar-refractivity contribution in [3.8, 4) is 0 Å². The molecule has 2 rings (SSSR count). The van der Waals surface area contributed by atoms with E-state index in [-0.39, 0.29) is 6.04 Å². The minimum atomic E-state index is -4.29. The fourth-order valence-electron chi connectivity index (χ4n) is 2.08. The van der Waals surface area contributed by atoms with Crippen LogP contribution in [-0.4, -0.2) is 7.05 Å². The van der Waals surface area contributed by atoms with Crippen LogP contribution in [0, 0.1) is 6.92 Å². The molecule has 1 aromatic carbocycles. The van der Waals surface area contributed by atoms with Crippen molar-refractivity contribution in [2.45, 2.75) is 19.1 Å². The zero-order valence-corrected chi connectivity index (χ0v) is 11.4. The van der Waals surface area contributed by atoms with Crippen LogP contribution in [0.1, 0.15) is 27.6 Å². The number of hydrogen-bond acceptors (Lipinski definition) is 2. The van der Waals surface area contributed by atoms with Crippen molar-refractivity contribution in [3.05, 3.63) is 57.3 Å². The highest BCUT2D eigenvalue weighted by molar-refractivity contribution is 7.10. The van der Waals surface area contributed by atoms with Crippen molar-refractivity contribution in [2.75, 3.05) is 7.05 Å². The molecule has 0 aliphatic rings. The molecule has 0 amide bonds. The van der Waals surface area contributed by atoms with E-state index < -0.39 is 11.7 Å². The molecule has 0 saturated heterocycles. The van der Waals surface area contributed by atoms with Crippen LogP contribution in [0.3, 0.4) is 0 Å². The number of nitrogens with one attached hydrogen (secondary N) is 1. The van der Waals surface area contributed by atoms with Crippen LogP contribution in [0.15, 0.2) is 35.7 Å². The Bertz CT molecular complexity index is 546. The van der Waals surface area contributed by atoms with Crippen LogP contribution in [0.2, 0.25) is 0 Å². The van der Waals surface area contributed by atoms with Gasteiger partial charge in [-0.15, -0.1) is 11.3 Å². The van der Waals surface area contributed by atoms with Gasteiger partial charge in [-0.25, -0.2) is 0 Å². The van der Waals surface area contributed by atoms with Gasteiger partial charge in [0.05, 0.1) is 11.6 Å². The summed E-state index contributed by atoms with van der Waals surface area (Å²) in [7, 11) is 1.81. The zero-order chi connectivity index (χ0) is 14.0. The average molecular weight is 285 g/mol. The summed E-state index contributed by atoms with van der Waals surface area (Å²) in [6, 6.07) is 7.74. The van der Waals surface area contributed by atoms with Crippen molar-refractivity contribution in [3.63, 3.8) is 0 Å². The quantitative estimate of drug-likeness (QED) is 0.882. The zero-order valence-electron chi connectivity index (χ0n) is 10.6. The molecule has 1 nitrogen and oxygen atoms in total. The van der Waals surface area contributed by atoms with E-state index in [1.807, 2.05) is 24.6 Å². The van der Waals surface area contributed by atoms with Crippen LogP contribution in [0.4, 0.5) is 13.2 Å². The smallest absolute Gasteiger partial charge is 0.309 e. The predicted octanol–water partition coefficient (Wildman–Crippen LogP) is 4.38. The number of rotatable bonds is 3. The average Bonchev–Trinajstić information content (AvgIpc) is 2.84. The van der Waals surface area contributed by atoms with Gasteiger partial charge in [0.15, 0.2) is 0 Å². The Morgan fingerprint density at radius 1 is 1.21 bits per heavy atom. The normalized spacial score (nSPS) is 13.5. The molecule has 2 aromatic rings. The van der Waals surface area contributed by atoms with E-state index in [1.54, 1.807) is 24.3 Å². The first kappa shape index (κ1) is 14.1. The van der Waals surface area contributed by atoms with E-state index in [2.05, 4.69) is 5.32 Å². The Hall–Kier alpha value is -1.33. The van der Waals surface area contributed by atoms with Crippen LogP contribution in [0.25, 0.3) is 0 Å². The summed E-state index contributed by atoms with van der Waals surface area (Å²) in [5.74, 6) is 0. The number of halogens is 3. The minimum Gasteiger partial charge on any atom is -0.309 e. The topological polar surface area (TPSA) is 12.0 Å².